The largest absolute Gasteiger partial charge is 0.377 e. The van der Waals surface area contributed by atoms with Crippen molar-refractivity contribution in [2.75, 3.05) is 31.7 Å². The quantitative estimate of drug-likeness (QED) is 0.702. The van der Waals surface area contributed by atoms with Crippen LogP contribution in [-0.2, 0) is 14.6 Å². The lowest BCUT2D eigenvalue weighted by atomic mass is 9.88. The maximum Gasteiger partial charge on any atom is 0.148 e. The van der Waals surface area contributed by atoms with Gasteiger partial charge in [0.15, 0.2) is 0 Å². The molecule has 5 heteroatoms. The number of nitrogens with one attached hydrogen (secondary N) is 1. The van der Waals surface area contributed by atoms with Crippen molar-refractivity contribution in [1.82, 2.24) is 5.32 Å². The van der Waals surface area contributed by atoms with Crippen LogP contribution in [0.25, 0.3) is 0 Å². The van der Waals surface area contributed by atoms with Gasteiger partial charge >= 0.3 is 0 Å². The van der Waals surface area contributed by atoms with Crippen molar-refractivity contribution < 1.29 is 13.2 Å². The first-order chi connectivity index (χ1) is 7.99. The third-order valence-corrected chi connectivity index (χ3v) is 4.24. The summed E-state index contributed by atoms with van der Waals surface area (Å²) in [6, 6.07) is 0. The SMILES string of the molecule is CC1CCCCC1OCCNCCS(C)(=O)=O. The van der Waals surface area contributed by atoms with Gasteiger partial charge < -0.3 is 10.1 Å². The summed E-state index contributed by atoms with van der Waals surface area (Å²) in [4.78, 5) is 0. The van der Waals surface area contributed by atoms with Crippen molar-refractivity contribution >= 4 is 9.84 Å². The highest BCUT2D eigenvalue weighted by molar-refractivity contribution is 7.90. The van der Waals surface area contributed by atoms with Crippen molar-refractivity contribution in [3.05, 3.63) is 0 Å². The van der Waals surface area contributed by atoms with Gasteiger partial charge in [-0.15, -0.1) is 0 Å². The van der Waals surface area contributed by atoms with Crippen molar-refractivity contribution in [2.45, 2.75) is 38.7 Å². The van der Waals surface area contributed by atoms with E-state index < -0.39 is 9.84 Å². The van der Waals surface area contributed by atoms with Gasteiger partial charge in [-0.3, -0.25) is 0 Å². The Kier molecular flexibility index (Phi) is 6.44. The zero-order valence-corrected chi connectivity index (χ0v) is 11.8. The van der Waals surface area contributed by atoms with Crippen LogP contribution in [0.2, 0.25) is 0 Å². The van der Waals surface area contributed by atoms with Gasteiger partial charge in [-0.05, 0) is 18.8 Å². The van der Waals surface area contributed by atoms with Gasteiger partial charge in [0, 0.05) is 19.3 Å². The molecule has 1 aliphatic carbocycles. The van der Waals surface area contributed by atoms with E-state index in [1.807, 2.05) is 0 Å². The van der Waals surface area contributed by atoms with E-state index in [9.17, 15) is 8.42 Å². The fraction of sp³-hybridized carbons (Fsp3) is 1.00. The molecular weight excluding hydrogens is 238 g/mol. The summed E-state index contributed by atoms with van der Waals surface area (Å²) in [5, 5.41) is 3.09. The molecule has 0 spiro atoms. The Balaban J connectivity index is 2.00. The molecule has 102 valence electrons. The highest BCUT2D eigenvalue weighted by atomic mass is 32.2. The Morgan fingerprint density at radius 1 is 1.24 bits per heavy atom. The number of sulfone groups is 1. The zero-order valence-electron chi connectivity index (χ0n) is 10.9. The molecule has 1 N–H and O–H groups in total. The van der Waals surface area contributed by atoms with E-state index in [4.69, 9.17) is 4.74 Å². The molecule has 0 bridgehead atoms. The fourth-order valence-corrected chi connectivity index (χ4v) is 2.71. The Bertz CT molecular complexity index is 303. The van der Waals surface area contributed by atoms with Gasteiger partial charge in [-0.25, -0.2) is 8.42 Å². The number of hydrogen-bond donors (Lipinski definition) is 1. The minimum atomic E-state index is -2.84. The van der Waals surface area contributed by atoms with Crippen LogP contribution in [0.3, 0.4) is 0 Å². The number of hydrogen-bond acceptors (Lipinski definition) is 4. The van der Waals surface area contributed by atoms with E-state index in [1.54, 1.807) is 0 Å². The van der Waals surface area contributed by atoms with Gasteiger partial charge in [0.05, 0.1) is 18.5 Å². The standard InChI is InChI=1S/C12H25NO3S/c1-11-5-3-4-6-12(11)16-9-7-13-8-10-17(2,14)15/h11-13H,3-10H2,1-2H3. The molecule has 0 radical (unpaired) electrons. The summed E-state index contributed by atoms with van der Waals surface area (Å²) < 4.78 is 27.6. The fourth-order valence-electron chi connectivity index (χ4n) is 2.19. The second-order valence-electron chi connectivity index (χ2n) is 5.05. The third kappa shape index (κ3) is 7.01. The molecule has 0 aromatic rings. The average molecular weight is 263 g/mol. The van der Waals surface area contributed by atoms with Gasteiger partial charge in [0.25, 0.3) is 0 Å². The Morgan fingerprint density at radius 3 is 2.59 bits per heavy atom. The highest BCUT2D eigenvalue weighted by Crippen LogP contribution is 2.25. The summed E-state index contributed by atoms with van der Waals surface area (Å²) in [6.45, 7) is 4.18. The molecule has 2 atom stereocenters. The van der Waals surface area contributed by atoms with Crippen molar-refractivity contribution in [2.24, 2.45) is 5.92 Å². The first kappa shape index (κ1) is 14.9. The van der Waals surface area contributed by atoms with Crippen LogP contribution in [0.4, 0.5) is 0 Å². The van der Waals surface area contributed by atoms with Gasteiger partial charge in [-0.2, -0.15) is 0 Å². The van der Waals surface area contributed by atoms with E-state index in [1.165, 1.54) is 31.9 Å². The van der Waals surface area contributed by atoms with Gasteiger partial charge in [0.1, 0.15) is 9.84 Å². The summed E-state index contributed by atoms with van der Waals surface area (Å²) in [7, 11) is -2.84. The molecule has 0 heterocycles. The lowest BCUT2D eigenvalue weighted by Crippen LogP contribution is -2.30. The lowest BCUT2D eigenvalue weighted by Gasteiger charge is -2.28. The van der Waals surface area contributed by atoms with Gasteiger partial charge in [0.2, 0.25) is 0 Å². The van der Waals surface area contributed by atoms with Crippen LogP contribution in [0.1, 0.15) is 32.6 Å². The molecule has 0 saturated heterocycles. The molecule has 0 aromatic carbocycles. The van der Waals surface area contributed by atoms with Crippen LogP contribution in [-0.4, -0.2) is 46.2 Å². The van der Waals surface area contributed by atoms with Gasteiger partial charge in [-0.1, -0.05) is 19.8 Å². The average Bonchev–Trinajstić information content (AvgIpc) is 2.24. The molecule has 1 saturated carbocycles. The minimum absolute atomic E-state index is 0.201. The van der Waals surface area contributed by atoms with Crippen molar-refractivity contribution in [1.29, 1.82) is 0 Å². The van der Waals surface area contributed by atoms with Crippen LogP contribution >= 0.6 is 0 Å². The second-order valence-corrected chi connectivity index (χ2v) is 7.31. The maximum absolute atomic E-state index is 10.9. The molecular formula is C12H25NO3S. The molecule has 1 aliphatic rings. The number of ether oxygens (including phenoxy) is 1. The van der Waals surface area contributed by atoms with E-state index in [0.717, 1.165) is 6.54 Å². The van der Waals surface area contributed by atoms with Crippen molar-refractivity contribution in [3.63, 3.8) is 0 Å². The summed E-state index contributed by atoms with van der Waals surface area (Å²) in [6.07, 6.45) is 6.70. The first-order valence-electron chi connectivity index (χ1n) is 6.49. The Labute approximate surface area is 105 Å². The predicted octanol–water partition coefficient (Wildman–Crippen LogP) is 1.22. The minimum Gasteiger partial charge on any atom is -0.377 e. The topological polar surface area (TPSA) is 55.4 Å². The first-order valence-corrected chi connectivity index (χ1v) is 8.55. The predicted molar refractivity (Wildman–Crippen MR) is 70.0 cm³/mol. The highest BCUT2D eigenvalue weighted by Gasteiger charge is 2.21. The number of rotatable bonds is 7. The summed E-state index contributed by atoms with van der Waals surface area (Å²) >= 11 is 0. The van der Waals surface area contributed by atoms with Crippen LogP contribution < -0.4 is 5.32 Å². The molecule has 4 nitrogen and oxygen atoms in total. The molecule has 1 fully saturated rings. The molecule has 0 amide bonds. The second kappa shape index (κ2) is 7.34. The van der Waals surface area contributed by atoms with Crippen LogP contribution in [0.15, 0.2) is 0 Å². The molecule has 17 heavy (non-hydrogen) atoms. The van der Waals surface area contributed by atoms with E-state index in [-0.39, 0.29) is 5.75 Å². The van der Waals surface area contributed by atoms with E-state index in [2.05, 4.69) is 12.2 Å². The summed E-state index contributed by atoms with van der Waals surface area (Å²) in [5.41, 5.74) is 0. The smallest absolute Gasteiger partial charge is 0.148 e. The van der Waals surface area contributed by atoms with Crippen LogP contribution in [0, 0.1) is 5.92 Å². The van der Waals surface area contributed by atoms with Crippen molar-refractivity contribution in [3.8, 4) is 0 Å². The molecule has 0 aliphatic heterocycles. The maximum atomic E-state index is 10.9. The van der Waals surface area contributed by atoms with Crippen LogP contribution in [0.5, 0.6) is 0 Å². The lowest BCUT2D eigenvalue weighted by molar-refractivity contribution is -0.00299. The zero-order chi connectivity index (χ0) is 12.7. The Morgan fingerprint density at radius 2 is 1.94 bits per heavy atom. The molecule has 1 rings (SSSR count). The molecule has 0 aromatic heterocycles. The normalized spacial score (nSPS) is 26.0. The monoisotopic (exact) mass is 263 g/mol. The molecule has 2 unspecified atom stereocenters. The summed E-state index contributed by atoms with van der Waals surface area (Å²) in [5.74, 6) is 0.868. The van der Waals surface area contributed by atoms with E-state index in [0.29, 0.717) is 25.2 Å². The van der Waals surface area contributed by atoms with E-state index >= 15 is 0 Å². The third-order valence-electron chi connectivity index (χ3n) is 3.29. The Hall–Kier alpha value is -0.130.